The molecule has 0 N–H and O–H groups in total. The van der Waals surface area contributed by atoms with Crippen molar-refractivity contribution in [2.75, 3.05) is 0 Å². The molecule has 2 aromatic heterocycles. The second-order valence-corrected chi connectivity index (χ2v) is 2.45. The van der Waals surface area contributed by atoms with Gasteiger partial charge in [-0.25, -0.2) is 0 Å². The minimum Gasteiger partial charge on any atom is -0.470 e. The summed E-state index contributed by atoms with van der Waals surface area (Å²) in [4.78, 5) is 10.4. The molecule has 0 bridgehead atoms. The summed E-state index contributed by atoms with van der Waals surface area (Å²) in [5.41, 5.74) is 1.58. The van der Waals surface area contributed by atoms with E-state index in [1.54, 1.807) is 24.8 Å². The molecule has 60 valence electrons. The van der Waals surface area contributed by atoms with Crippen LogP contribution in [0.15, 0.2) is 41.5 Å². The summed E-state index contributed by atoms with van der Waals surface area (Å²) in [7, 11) is 0. The molecule has 2 heterocycles. The summed E-state index contributed by atoms with van der Waals surface area (Å²) in [6, 6.07) is 3.58. The van der Waals surface area contributed by atoms with Crippen molar-refractivity contribution >= 4 is 6.29 Å². The Morgan fingerprint density at radius 2 is 2.33 bits per heavy atom. The summed E-state index contributed by atoms with van der Waals surface area (Å²) in [5, 5.41) is 0. The lowest BCUT2D eigenvalue weighted by Crippen LogP contribution is -1.85. The Labute approximate surface area is 69.2 Å². The largest absolute Gasteiger partial charge is 0.470 e. The predicted molar refractivity (Wildman–Crippen MR) is 43.4 cm³/mol. The highest BCUT2D eigenvalue weighted by Gasteiger charge is 1.97. The van der Waals surface area contributed by atoms with E-state index in [2.05, 4.69) is 0 Å². The molecular weight excluding hydrogens is 154 g/mol. The second kappa shape index (κ2) is 2.70. The SMILES string of the molecule is O=Cc1ccn(-c2ccoc2)c1. The number of rotatable bonds is 2. The van der Waals surface area contributed by atoms with E-state index in [0.29, 0.717) is 5.56 Å². The second-order valence-electron chi connectivity index (χ2n) is 2.45. The van der Waals surface area contributed by atoms with Crippen LogP contribution in [0.5, 0.6) is 0 Å². The third-order valence-electron chi connectivity index (χ3n) is 1.66. The number of aromatic nitrogens is 1. The Morgan fingerprint density at radius 3 is 2.92 bits per heavy atom. The van der Waals surface area contributed by atoms with Crippen molar-refractivity contribution in [1.82, 2.24) is 4.57 Å². The number of furan rings is 1. The highest BCUT2D eigenvalue weighted by atomic mass is 16.3. The molecule has 0 saturated heterocycles. The van der Waals surface area contributed by atoms with Gasteiger partial charge >= 0.3 is 0 Å². The van der Waals surface area contributed by atoms with Crippen molar-refractivity contribution in [2.45, 2.75) is 0 Å². The lowest BCUT2D eigenvalue weighted by molar-refractivity contribution is 0.112. The van der Waals surface area contributed by atoms with Crippen LogP contribution in [0.1, 0.15) is 10.4 Å². The van der Waals surface area contributed by atoms with Gasteiger partial charge in [-0.3, -0.25) is 4.79 Å². The summed E-state index contributed by atoms with van der Waals surface area (Å²) in [6.45, 7) is 0. The van der Waals surface area contributed by atoms with Crippen molar-refractivity contribution in [3.05, 3.63) is 42.6 Å². The molecular formula is C9H7NO2. The van der Waals surface area contributed by atoms with Crippen molar-refractivity contribution in [1.29, 1.82) is 0 Å². The molecule has 0 aliphatic carbocycles. The number of aldehydes is 1. The maximum atomic E-state index is 10.4. The molecule has 0 unspecified atom stereocenters. The van der Waals surface area contributed by atoms with E-state index in [9.17, 15) is 4.79 Å². The molecule has 0 amide bonds. The molecule has 0 radical (unpaired) electrons. The average molecular weight is 161 g/mol. The molecule has 2 rings (SSSR count). The minimum absolute atomic E-state index is 0.663. The molecule has 0 aliphatic rings. The smallest absolute Gasteiger partial charge is 0.151 e. The van der Waals surface area contributed by atoms with Crippen molar-refractivity contribution in [3.8, 4) is 5.69 Å². The standard InChI is InChI=1S/C9H7NO2/c11-6-8-1-3-10(5-8)9-2-4-12-7-9/h1-7H. The Hall–Kier alpha value is -1.77. The van der Waals surface area contributed by atoms with Crippen molar-refractivity contribution in [3.63, 3.8) is 0 Å². The fourth-order valence-corrected chi connectivity index (χ4v) is 1.05. The van der Waals surface area contributed by atoms with Crippen LogP contribution >= 0.6 is 0 Å². The first-order valence-corrected chi connectivity index (χ1v) is 3.56. The van der Waals surface area contributed by atoms with Crippen LogP contribution < -0.4 is 0 Å². The van der Waals surface area contributed by atoms with Gasteiger partial charge in [0, 0.05) is 24.0 Å². The average Bonchev–Trinajstić information content (AvgIpc) is 2.75. The Kier molecular flexibility index (Phi) is 1.55. The minimum atomic E-state index is 0.663. The summed E-state index contributed by atoms with van der Waals surface area (Å²) < 4.78 is 6.73. The Balaban J connectivity index is 2.41. The van der Waals surface area contributed by atoms with Crippen LogP contribution in [-0.4, -0.2) is 10.9 Å². The molecule has 0 aromatic carbocycles. The first-order valence-electron chi connectivity index (χ1n) is 3.56. The third-order valence-corrected chi connectivity index (χ3v) is 1.66. The van der Waals surface area contributed by atoms with E-state index in [0.717, 1.165) is 12.0 Å². The fraction of sp³-hybridized carbons (Fsp3) is 0. The number of carbonyl (C=O) groups is 1. The van der Waals surface area contributed by atoms with Crippen LogP contribution in [0.2, 0.25) is 0 Å². The van der Waals surface area contributed by atoms with Gasteiger partial charge in [0.2, 0.25) is 0 Å². The molecule has 0 fully saturated rings. The number of carbonyl (C=O) groups excluding carboxylic acids is 1. The topological polar surface area (TPSA) is 35.1 Å². The van der Waals surface area contributed by atoms with Crippen LogP contribution in [0.4, 0.5) is 0 Å². The quantitative estimate of drug-likeness (QED) is 0.630. The van der Waals surface area contributed by atoms with Crippen molar-refractivity contribution < 1.29 is 9.21 Å². The zero-order chi connectivity index (χ0) is 8.39. The molecule has 2 aromatic rings. The molecule has 0 aliphatic heterocycles. The highest BCUT2D eigenvalue weighted by Crippen LogP contribution is 2.09. The molecule has 3 nitrogen and oxygen atoms in total. The summed E-state index contributed by atoms with van der Waals surface area (Å²) in [6.07, 6.45) is 7.59. The van der Waals surface area contributed by atoms with Crippen LogP contribution in [-0.2, 0) is 0 Å². The molecule has 3 heteroatoms. The van der Waals surface area contributed by atoms with Gasteiger partial charge in [0.1, 0.15) is 6.26 Å². The Morgan fingerprint density at radius 1 is 1.42 bits per heavy atom. The van der Waals surface area contributed by atoms with Crippen LogP contribution in [0.25, 0.3) is 5.69 Å². The normalized spacial score (nSPS) is 10.0. The number of nitrogens with zero attached hydrogens (tertiary/aromatic N) is 1. The summed E-state index contributed by atoms with van der Waals surface area (Å²) >= 11 is 0. The van der Waals surface area contributed by atoms with E-state index < -0.39 is 0 Å². The fourth-order valence-electron chi connectivity index (χ4n) is 1.05. The van der Waals surface area contributed by atoms with Gasteiger partial charge in [-0.1, -0.05) is 0 Å². The highest BCUT2D eigenvalue weighted by molar-refractivity contribution is 5.74. The van der Waals surface area contributed by atoms with E-state index in [1.165, 1.54) is 0 Å². The molecule has 0 atom stereocenters. The van der Waals surface area contributed by atoms with Crippen LogP contribution in [0, 0.1) is 0 Å². The molecule has 12 heavy (non-hydrogen) atoms. The third kappa shape index (κ3) is 1.05. The predicted octanol–water partition coefficient (Wildman–Crippen LogP) is 1.88. The first kappa shape index (κ1) is 6.91. The zero-order valence-electron chi connectivity index (χ0n) is 6.31. The molecule has 0 saturated carbocycles. The monoisotopic (exact) mass is 161 g/mol. The van der Waals surface area contributed by atoms with Gasteiger partial charge in [-0.05, 0) is 6.07 Å². The van der Waals surface area contributed by atoms with E-state index >= 15 is 0 Å². The first-order chi connectivity index (χ1) is 5.90. The van der Waals surface area contributed by atoms with Gasteiger partial charge in [0.15, 0.2) is 6.29 Å². The lowest BCUT2D eigenvalue weighted by Gasteiger charge is -1.93. The molecule has 0 spiro atoms. The van der Waals surface area contributed by atoms with E-state index in [-0.39, 0.29) is 0 Å². The van der Waals surface area contributed by atoms with Gasteiger partial charge in [-0.15, -0.1) is 0 Å². The number of hydrogen-bond acceptors (Lipinski definition) is 2. The van der Waals surface area contributed by atoms with E-state index in [1.807, 2.05) is 16.8 Å². The zero-order valence-corrected chi connectivity index (χ0v) is 6.31. The van der Waals surface area contributed by atoms with Gasteiger partial charge < -0.3 is 8.98 Å². The number of hydrogen-bond donors (Lipinski definition) is 0. The maximum Gasteiger partial charge on any atom is 0.151 e. The van der Waals surface area contributed by atoms with Gasteiger partial charge in [0.25, 0.3) is 0 Å². The maximum absolute atomic E-state index is 10.4. The van der Waals surface area contributed by atoms with Gasteiger partial charge in [-0.2, -0.15) is 0 Å². The Bertz CT molecular complexity index is 373. The van der Waals surface area contributed by atoms with E-state index in [4.69, 9.17) is 4.42 Å². The van der Waals surface area contributed by atoms with Crippen LogP contribution in [0.3, 0.4) is 0 Å². The van der Waals surface area contributed by atoms with Gasteiger partial charge in [0.05, 0.1) is 12.0 Å². The lowest BCUT2D eigenvalue weighted by atomic mass is 10.4. The van der Waals surface area contributed by atoms with Crippen molar-refractivity contribution in [2.24, 2.45) is 0 Å². The summed E-state index contributed by atoms with van der Waals surface area (Å²) in [5.74, 6) is 0.